The molecule has 2 fully saturated rings. The van der Waals surface area contributed by atoms with Gasteiger partial charge < -0.3 is 14.5 Å². The van der Waals surface area contributed by atoms with Gasteiger partial charge in [0.2, 0.25) is 0 Å². The lowest BCUT2D eigenvalue weighted by atomic mass is 9.65. The van der Waals surface area contributed by atoms with E-state index in [-0.39, 0.29) is 17.4 Å². The molecule has 2 atom stereocenters. The molecule has 2 aliphatic rings. The van der Waals surface area contributed by atoms with Gasteiger partial charge in [-0.25, -0.2) is 0 Å². The van der Waals surface area contributed by atoms with Crippen LogP contribution in [-0.4, -0.2) is 40.3 Å². The van der Waals surface area contributed by atoms with Crippen molar-refractivity contribution in [3.8, 4) is 0 Å². The molecule has 4 nitrogen and oxygen atoms in total. The van der Waals surface area contributed by atoms with Crippen LogP contribution in [0.3, 0.4) is 0 Å². The lowest BCUT2D eigenvalue weighted by Gasteiger charge is -2.47. The Morgan fingerprint density at radius 1 is 1.35 bits per heavy atom. The molecule has 0 amide bonds. The fourth-order valence-corrected chi connectivity index (χ4v) is 4.31. The van der Waals surface area contributed by atoms with Crippen molar-refractivity contribution in [1.29, 1.82) is 0 Å². The molecule has 1 N–H and O–H groups in total. The fraction of sp³-hybridized carbons (Fsp3) is 0.933. The molecule has 0 aromatic carbocycles. The van der Waals surface area contributed by atoms with Gasteiger partial charge in [-0.3, -0.25) is 4.79 Å². The molecule has 1 spiro atoms. The predicted octanol–water partition coefficient (Wildman–Crippen LogP) is 2.23. The van der Waals surface area contributed by atoms with E-state index in [0.29, 0.717) is 17.7 Å². The first-order valence-corrected chi connectivity index (χ1v) is 10.0. The highest BCUT2D eigenvalue weighted by molar-refractivity contribution is 6.53. The molecule has 1 heterocycles. The van der Waals surface area contributed by atoms with Crippen molar-refractivity contribution in [2.24, 2.45) is 5.41 Å². The maximum Gasteiger partial charge on any atom is 0.323 e. The van der Waals surface area contributed by atoms with E-state index in [0.717, 1.165) is 25.8 Å². The number of carbonyl (C=O) groups is 1. The van der Waals surface area contributed by atoms with Crippen LogP contribution in [0.4, 0.5) is 0 Å². The molecule has 2 rings (SSSR count). The average molecular weight is 299 g/mol. The molecule has 116 valence electrons. The predicted molar refractivity (Wildman–Crippen MR) is 82.3 cm³/mol. The summed E-state index contributed by atoms with van der Waals surface area (Å²) in [4.78, 5) is 11.8. The molecule has 1 saturated carbocycles. The van der Waals surface area contributed by atoms with E-state index in [2.05, 4.69) is 32.6 Å². The van der Waals surface area contributed by atoms with Crippen molar-refractivity contribution in [2.75, 3.05) is 13.2 Å². The van der Waals surface area contributed by atoms with E-state index in [9.17, 15) is 4.79 Å². The van der Waals surface area contributed by atoms with Crippen LogP contribution in [0, 0.1) is 5.41 Å². The largest absolute Gasteiger partial charge is 0.465 e. The number of esters is 1. The zero-order valence-corrected chi connectivity index (χ0v) is 14.6. The molecule has 2 unspecified atom stereocenters. The summed E-state index contributed by atoms with van der Waals surface area (Å²) in [6, 6.07) is -0.104. The second-order valence-electron chi connectivity index (χ2n) is 7.56. The van der Waals surface area contributed by atoms with Gasteiger partial charge in [-0.15, -0.1) is 0 Å². The number of hydrogen-bond acceptors (Lipinski definition) is 4. The van der Waals surface area contributed by atoms with Crippen LogP contribution in [0.1, 0.15) is 47.0 Å². The Labute approximate surface area is 124 Å². The van der Waals surface area contributed by atoms with Gasteiger partial charge in [-0.2, -0.15) is 0 Å². The van der Waals surface area contributed by atoms with Crippen molar-refractivity contribution >= 4 is 15.0 Å². The van der Waals surface area contributed by atoms with E-state index in [1.54, 1.807) is 0 Å². The van der Waals surface area contributed by atoms with Crippen LogP contribution < -0.4 is 5.32 Å². The topological polar surface area (TPSA) is 47.6 Å². The molecule has 1 aliphatic carbocycles. The first-order valence-electron chi connectivity index (χ1n) is 7.81. The van der Waals surface area contributed by atoms with E-state index in [1.807, 2.05) is 6.92 Å². The molecule has 5 heteroatoms. The summed E-state index contributed by atoms with van der Waals surface area (Å²) < 4.78 is 11.4. The Morgan fingerprint density at radius 2 is 2.00 bits per heavy atom. The Balaban J connectivity index is 1.77. The first-order chi connectivity index (χ1) is 9.26. The molecule has 20 heavy (non-hydrogen) atoms. The fourth-order valence-electron chi connectivity index (χ4n) is 3.13. The summed E-state index contributed by atoms with van der Waals surface area (Å²) in [6.45, 7) is 12.4. The molecule has 0 bridgehead atoms. The molecular weight excluding hydrogens is 270 g/mol. The summed E-state index contributed by atoms with van der Waals surface area (Å²) >= 11 is 0. The lowest BCUT2D eigenvalue weighted by Crippen LogP contribution is -2.47. The molecule has 0 aromatic rings. The van der Waals surface area contributed by atoms with Crippen molar-refractivity contribution in [3.05, 3.63) is 0 Å². The Morgan fingerprint density at radius 3 is 2.55 bits per heavy atom. The van der Waals surface area contributed by atoms with Crippen molar-refractivity contribution in [3.63, 3.8) is 0 Å². The Hall–Kier alpha value is -0.393. The van der Waals surface area contributed by atoms with Gasteiger partial charge in [-0.05, 0) is 43.2 Å². The Bertz CT molecular complexity index is 361. The van der Waals surface area contributed by atoms with E-state index in [1.165, 1.54) is 0 Å². The monoisotopic (exact) mass is 299 g/mol. The Kier molecular flexibility index (Phi) is 4.62. The van der Waals surface area contributed by atoms with Gasteiger partial charge in [0.25, 0.3) is 0 Å². The third-order valence-electron chi connectivity index (χ3n) is 4.87. The van der Waals surface area contributed by atoms with Crippen molar-refractivity contribution in [2.45, 2.75) is 70.7 Å². The van der Waals surface area contributed by atoms with Gasteiger partial charge in [-0.1, -0.05) is 20.8 Å². The quantitative estimate of drug-likeness (QED) is 0.639. The van der Waals surface area contributed by atoms with E-state index >= 15 is 0 Å². The van der Waals surface area contributed by atoms with Gasteiger partial charge in [0.05, 0.1) is 6.61 Å². The van der Waals surface area contributed by atoms with Crippen LogP contribution in [0.25, 0.3) is 0 Å². The minimum Gasteiger partial charge on any atom is -0.465 e. The first kappa shape index (κ1) is 16.0. The highest BCUT2D eigenvalue weighted by Gasteiger charge is 2.51. The number of nitrogens with one attached hydrogen (secondary N) is 1. The summed E-state index contributed by atoms with van der Waals surface area (Å²) in [7, 11) is -1.13. The second-order valence-corrected chi connectivity index (χ2v) is 10.9. The van der Waals surface area contributed by atoms with E-state index < -0.39 is 9.04 Å². The summed E-state index contributed by atoms with van der Waals surface area (Å²) in [5, 5.41) is 3.64. The average Bonchev–Trinajstić information content (AvgIpc) is 2.72. The third-order valence-corrected chi connectivity index (χ3v) is 8.10. The van der Waals surface area contributed by atoms with Crippen LogP contribution in [0.15, 0.2) is 0 Å². The summed E-state index contributed by atoms with van der Waals surface area (Å²) in [5.41, 5.74) is 0.286. The van der Waals surface area contributed by atoms with Crippen LogP contribution in [0.2, 0.25) is 11.6 Å². The van der Waals surface area contributed by atoms with Gasteiger partial charge in [0.15, 0.2) is 9.04 Å². The van der Waals surface area contributed by atoms with Crippen LogP contribution >= 0.6 is 0 Å². The molecule has 1 saturated heterocycles. The third kappa shape index (κ3) is 3.43. The zero-order valence-electron chi connectivity index (χ0n) is 13.5. The summed E-state index contributed by atoms with van der Waals surface area (Å²) in [6.07, 6.45) is 3.53. The number of ether oxygens (including phenoxy) is 1. The SMILES string of the molecule is CCOC(=O)C1CC2(CN1)CC(O[SiH](C)C(C)(C)C)C2. The van der Waals surface area contributed by atoms with Crippen molar-refractivity contribution in [1.82, 2.24) is 5.32 Å². The minimum atomic E-state index is -1.13. The number of hydrogen-bond donors (Lipinski definition) is 1. The van der Waals surface area contributed by atoms with E-state index in [4.69, 9.17) is 9.16 Å². The van der Waals surface area contributed by atoms with Gasteiger partial charge >= 0.3 is 5.97 Å². The molecule has 0 aromatic heterocycles. The lowest BCUT2D eigenvalue weighted by molar-refractivity contribution is -0.145. The number of carbonyl (C=O) groups excluding carboxylic acids is 1. The normalized spacial score (nSPS) is 34.9. The highest BCUT2D eigenvalue weighted by Crippen LogP contribution is 2.49. The second kappa shape index (κ2) is 5.77. The zero-order chi connectivity index (χ0) is 15.0. The standard InChI is InChI=1S/C15H29NO3Si/c1-6-18-13(17)12-9-15(10-16-12)7-11(8-15)19-20(5)14(2,3)4/h11-12,16,20H,6-10H2,1-5H3. The van der Waals surface area contributed by atoms with Crippen LogP contribution in [-0.2, 0) is 14.0 Å². The molecule has 1 aliphatic heterocycles. The van der Waals surface area contributed by atoms with Crippen LogP contribution in [0.5, 0.6) is 0 Å². The minimum absolute atomic E-state index is 0.0915. The summed E-state index contributed by atoms with van der Waals surface area (Å²) in [5.74, 6) is -0.0915. The molecule has 0 radical (unpaired) electrons. The smallest absolute Gasteiger partial charge is 0.323 e. The maximum atomic E-state index is 11.8. The number of rotatable bonds is 4. The maximum absolute atomic E-state index is 11.8. The highest BCUT2D eigenvalue weighted by atomic mass is 28.3. The van der Waals surface area contributed by atoms with Gasteiger partial charge in [0.1, 0.15) is 6.04 Å². The van der Waals surface area contributed by atoms with Gasteiger partial charge in [0, 0.05) is 12.6 Å². The van der Waals surface area contributed by atoms with Crippen molar-refractivity contribution < 1.29 is 14.0 Å². The molecular formula is C15H29NO3Si.